The van der Waals surface area contributed by atoms with Crippen molar-refractivity contribution < 1.29 is 19.1 Å². The van der Waals surface area contributed by atoms with Crippen LogP contribution in [0.4, 0.5) is 0 Å². The average molecular weight is 328 g/mol. The minimum atomic E-state index is 0.661. The van der Waals surface area contributed by atoms with Gasteiger partial charge in [0, 0.05) is 11.1 Å². The van der Waals surface area contributed by atoms with Crippen molar-refractivity contribution >= 4 is 12.2 Å². The minimum absolute atomic E-state index is 0.661. The number of para-hydroxylation sites is 2. The lowest BCUT2D eigenvalue weighted by molar-refractivity contribution is 0.336. The van der Waals surface area contributed by atoms with E-state index in [-0.39, 0.29) is 0 Å². The number of benzene rings is 2. The fraction of sp³-hybridized carbons (Fsp3) is 0.222. The maximum Gasteiger partial charge on any atom is 0.231 e. The van der Waals surface area contributed by atoms with Crippen LogP contribution in [0.25, 0.3) is 11.1 Å². The van der Waals surface area contributed by atoms with E-state index >= 15 is 0 Å². The highest BCUT2D eigenvalue weighted by Crippen LogP contribution is 2.36. The van der Waals surface area contributed by atoms with Gasteiger partial charge in [0.25, 0.3) is 0 Å². The molecule has 0 heterocycles. The Morgan fingerprint density at radius 1 is 0.750 bits per heavy atom. The first-order chi connectivity index (χ1) is 11.7. The molecule has 0 aliphatic rings. The second kappa shape index (κ2) is 13.5. The Balaban J connectivity index is 0.000000772. The zero-order chi connectivity index (χ0) is 18.2. The van der Waals surface area contributed by atoms with E-state index in [4.69, 9.17) is 29.9 Å². The zero-order valence-corrected chi connectivity index (χ0v) is 13.7. The third-order valence-corrected chi connectivity index (χ3v) is 2.66. The molecule has 2 rings (SSSR count). The third kappa shape index (κ3) is 7.18. The first-order valence-electron chi connectivity index (χ1n) is 7.21. The van der Waals surface area contributed by atoms with Crippen LogP contribution in [0.3, 0.4) is 0 Å². The summed E-state index contributed by atoms with van der Waals surface area (Å²) in [4.78, 5) is 16.7. The van der Waals surface area contributed by atoms with Gasteiger partial charge in [-0.3, -0.25) is 0 Å². The third-order valence-electron chi connectivity index (χ3n) is 2.66. The molecule has 0 spiro atoms. The van der Waals surface area contributed by atoms with E-state index in [0.29, 0.717) is 13.2 Å². The monoisotopic (exact) mass is 328 g/mol. The van der Waals surface area contributed by atoms with Crippen LogP contribution >= 0.6 is 0 Å². The summed E-state index contributed by atoms with van der Waals surface area (Å²) >= 11 is 0. The van der Waals surface area contributed by atoms with Crippen molar-refractivity contribution in [3.05, 3.63) is 48.5 Å². The van der Waals surface area contributed by atoms with Crippen LogP contribution in [0, 0.1) is 10.8 Å². The summed E-state index contributed by atoms with van der Waals surface area (Å²) < 4.78 is 11.3. The summed E-state index contributed by atoms with van der Waals surface area (Å²) in [6.07, 6.45) is 1.50. The molecule has 2 aromatic carbocycles. The van der Waals surface area contributed by atoms with Crippen molar-refractivity contribution in [1.82, 2.24) is 0 Å². The van der Waals surface area contributed by atoms with E-state index < -0.39 is 0 Å². The molecule has 0 fully saturated rings. The molecule has 0 atom stereocenters. The van der Waals surface area contributed by atoms with Gasteiger partial charge < -0.3 is 9.47 Å². The van der Waals surface area contributed by atoms with Crippen molar-refractivity contribution in [2.24, 2.45) is 0 Å². The molecule has 0 aliphatic heterocycles. The first kappa shape index (κ1) is 20.8. The lowest BCUT2D eigenvalue weighted by atomic mass is 10.0. The molecule has 24 heavy (non-hydrogen) atoms. The highest BCUT2D eigenvalue weighted by molar-refractivity contribution is 5.75. The van der Waals surface area contributed by atoms with Crippen molar-refractivity contribution in [3.8, 4) is 22.6 Å². The maximum atomic E-state index is 8.35. The topological polar surface area (TPSA) is 100 Å². The lowest BCUT2D eigenvalue weighted by Gasteiger charge is -2.13. The summed E-state index contributed by atoms with van der Waals surface area (Å²) in [5.74, 6) is 1.79. The quantitative estimate of drug-likeness (QED) is 0.641. The fourth-order valence-electron chi connectivity index (χ4n) is 1.94. The maximum absolute atomic E-state index is 8.35. The Labute approximate surface area is 141 Å². The Kier molecular flexibility index (Phi) is 11.7. The molecular formula is C18H20N2O4. The van der Waals surface area contributed by atoms with Gasteiger partial charge in [-0.25, -0.2) is 20.4 Å². The van der Waals surface area contributed by atoms with Gasteiger partial charge in [0.1, 0.15) is 11.5 Å². The smallest absolute Gasteiger partial charge is 0.231 e. The van der Waals surface area contributed by atoms with Crippen LogP contribution in [0.1, 0.15) is 13.8 Å². The van der Waals surface area contributed by atoms with Gasteiger partial charge in [0.15, 0.2) is 0 Å². The fourth-order valence-corrected chi connectivity index (χ4v) is 1.94. The predicted octanol–water partition coefficient (Wildman–Crippen LogP) is 3.95. The van der Waals surface area contributed by atoms with Crippen LogP contribution in [0.5, 0.6) is 11.5 Å². The molecule has 0 saturated heterocycles. The summed E-state index contributed by atoms with van der Waals surface area (Å²) in [5, 5.41) is 10.8. The highest BCUT2D eigenvalue weighted by Gasteiger charge is 2.10. The van der Waals surface area contributed by atoms with Crippen molar-refractivity contribution in [1.29, 1.82) is 10.8 Å². The Bertz CT molecular complexity index is 615. The number of carbonyl (C=O) groups excluding carboxylic acids is 2. The Morgan fingerprint density at radius 2 is 1.04 bits per heavy atom. The van der Waals surface area contributed by atoms with Gasteiger partial charge in [0.2, 0.25) is 12.2 Å². The van der Waals surface area contributed by atoms with Crippen LogP contribution in [0.2, 0.25) is 0 Å². The number of nitrogens with one attached hydrogen (secondary N) is 2. The van der Waals surface area contributed by atoms with Crippen molar-refractivity contribution in [2.45, 2.75) is 13.8 Å². The number of hydrogen-bond acceptors (Lipinski definition) is 6. The van der Waals surface area contributed by atoms with E-state index in [9.17, 15) is 0 Å². The van der Waals surface area contributed by atoms with Crippen LogP contribution < -0.4 is 9.47 Å². The molecule has 0 unspecified atom stereocenters. The Morgan fingerprint density at radius 3 is 1.33 bits per heavy atom. The highest BCUT2D eigenvalue weighted by atomic mass is 16.5. The first-order valence-corrected chi connectivity index (χ1v) is 7.21. The molecule has 6 heteroatoms. The van der Waals surface area contributed by atoms with Crippen molar-refractivity contribution in [2.75, 3.05) is 13.2 Å². The predicted molar refractivity (Wildman–Crippen MR) is 91.0 cm³/mol. The minimum Gasteiger partial charge on any atom is -0.493 e. The molecule has 0 saturated carbocycles. The largest absolute Gasteiger partial charge is 0.493 e. The van der Waals surface area contributed by atoms with Gasteiger partial charge in [-0.15, -0.1) is 0 Å². The van der Waals surface area contributed by atoms with Crippen LogP contribution in [0.15, 0.2) is 48.5 Å². The van der Waals surface area contributed by atoms with Gasteiger partial charge in [0.05, 0.1) is 13.2 Å². The molecular weight excluding hydrogens is 308 g/mol. The lowest BCUT2D eigenvalue weighted by Crippen LogP contribution is -1.97. The number of rotatable bonds is 5. The number of ether oxygens (including phenoxy) is 2. The normalized spacial score (nSPS) is 8.25. The summed E-state index contributed by atoms with van der Waals surface area (Å²) in [6, 6.07) is 16.1. The van der Waals surface area contributed by atoms with Gasteiger partial charge >= 0.3 is 0 Å². The van der Waals surface area contributed by atoms with Crippen LogP contribution in [-0.4, -0.2) is 25.4 Å². The van der Waals surface area contributed by atoms with E-state index in [1.54, 1.807) is 0 Å². The molecule has 126 valence electrons. The van der Waals surface area contributed by atoms with E-state index in [1.165, 1.54) is 0 Å². The molecule has 6 nitrogen and oxygen atoms in total. The second-order valence-electron chi connectivity index (χ2n) is 4.06. The van der Waals surface area contributed by atoms with Gasteiger partial charge in [-0.1, -0.05) is 36.4 Å². The summed E-state index contributed by atoms with van der Waals surface area (Å²) in [5.41, 5.74) is 2.15. The standard InChI is InChI=1S/C16H18O2.2CHNO/c1-3-17-15-11-7-5-9-13(15)14-10-6-8-12-16(14)18-4-2;2*2-1-3/h5-12H,3-4H2,1-2H3;2*2H. The molecule has 0 aromatic heterocycles. The van der Waals surface area contributed by atoms with Crippen LogP contribution in [-0.2, 0) is 9.59 Å². The van der Waals surface area contributed by atoms with E-state index in [0.717, 1.165) is 34.8 Å². The molecule has 0 amide bonds. The molecule has 0 aliphatic carbocycles. The SMILES string of the molecule is CCOc1ccccc1-c1ccccc1OCC.N=C=O.N=C=O. The van der Waals surface area contributed by atoms with E-state index in [2.05, 4.69) is 12.1 Å². The summed E-state index contributed by atoms with van der Waals surface area (Å²) in [6.45, 7) is 5.30. The molecule has 2 N–H and O–H groups in total. The van der Waals surface area contributed by atoms with Gasteiger partial charge in [-0.2, -0.15) is 0 Å². The molecule has 0 bridgehead atoms. The zero-order valence-electron chi connectivity index (χ0n) is 13.7. The van der Waals surface area contributed by atoms with Gasteiger partial charge in [-0.05, 0) is 26.0 Å². The van der Waals surface area contributed by atoms with Crippen molar-refractivity contribution in [3.63, 3.8) is 0 Å². The number of hydrogen-bond donors (Lipinski definition) is 2. The second-order valence-corrected chi connectivity index (χ2v) is 4.06. The summed E-state index contributed by atoms with van der Waals surface area (Å²) in [7, 11) is 0. The average Bonchev–Trinajstić information content (AvgIpc) is 2.58. The number of isocyanates is 2. The molecule has 2 aromatic rings. The van der Waals surface area contributed by atoms with E-state index in [1.807, 2.05) is 50.2 Å². The molecule has 0 radical (unpaired) electrons. The Hall–Kier alpha value is -3.20.